The van der Waals surface area contributed by atoms with Crippen molar-refractivity contribution in [3.05, 3.63) is 34.7 Å². The van der Waals surface area contributed by atoms with E-state index in [4.69, 9.17) is 9.47 Å². The number of carbonyl (C=O) groups is 1. The summed E-state index contributed by atoms with van der Waals surface area (Å²) in [5.74, 6) is 0.593. The molecule has 0 bridgehead atoms. The molecule has 0 radical (unpaired) electrons. The summed E-state index contributed by atoms with van der Waals surface area (Å²) in [5.41, 5.74) is 0.404. The molecule has 0 unspecified atom stereocenters. The molecule has 0 spiro atoms. The maximum atomic E-state index is 12.5. The van der Waals surface area contributed by atoms with Crippen LogP contribution in [0.1, 0.15) is 26.7 Å². The lowest BCUT2D eigenvalue weighted by molar-refractivity contribution is -0.115. The summed E-state index contributed by atoms with van der Waals surface area (Å²) in [6, 6.07) is 7.21. The number of thioether (sulfide) groups is 1. The van der Waals surface area contributed by atoms with E-state index < -0.39 is 5.25 Å². The Labute approximate surface area is 161 Å². The Kier molecular flexibility index (Phi) is 6.57. The number of aromatic amines is 1. The van der Waals surface area contributed by atoms with Gasteiger partial charge in [0.15, 0.2) is 5.16 Å². The van der Waals surface area contributed by atoms with Gasteiger partial charge in [-0.3, -0.25) is 9.36 Å². The number of nitrogens with zero attached hydrogens (tertiary/aromatic N) is 2. The maximum Gasteiger partial charge on any atom is 0.344 e. The van der Waals surface area contributed by atoms with E-state index in [0.29, 0.717) is 24.0 Å². The predicted octanol–water partition coefficient (Wildman–Crippen LogP) is 2.27. The summed E-state index contributed by atoms with van der Waals surface area (Å²) in [5, 5.41) is 9.45. The summed E-state index contributed by atoms with van der Waals surface area (Å²) in [4.78, 5) is 24.5. The zero-order valence-corrected chi connectivity index (χ0v) is 16.3. The molecule has 27 heavy (non-hydrogen) atoms. The molecule has 1 aliphatic heterocycles. The zero-order chi connectivity index (χ0) is 19.2. The molecular formula is C18H24N4O4S. The van der Waals surface area contributed by atoms with E-state index in [1.165, 1.54) is 11.8 Å². The van der Waals surface area contributed by atoms with Crippen molar-refractivity contribution >= 4 is 23.4 Å². The van der Waals surface area contributed by atoms with Gasteiger partial charge in [-0.05, 0) is 51.0 Å². The van der Waals surface area contributed by atoms with E-state index in [2.05, 4.69) is 15.5 Å². The quantitative estimate of drug-likeness (QED) is 0.669. The molecule has 3 rings (SSSR count). The van der Waals surface area contributed by atoms with Crippen LogP contribution in [0.2, 0.25) is 0 Å². The van der Waals surface area contributed by atoms with Gasteiger partial charge < -0.3 is 14.8 Å². The third-order valence-electron chi connectivity index (χ3n) is 4.22. The molecule has 0 saturated carbocycles. The second-order valence-corrected chi connectivity index (χ2v) is 7.57. The van der Waals surface area contributed by atoms with Gasteiger partial charge in [-0.15, -0.1) is 5.10 Å². The first-order chi connectivity index (χ1) is 13.1. The van der Waals surface area contributed by atoms with Crippen LogP contribution < -0.4 is 15.7 Å². The molecule has 1 aromatic heterocycles. The summed E-state index contributed by atoms with van der Waals surface area (Å²) in [6.45, 7) is 5.47. The molecule has 146 valence electrons. The molecule has 1 fully saturated rings. The van der Waals surface area contributed by atoms with Crippen molar-refractivity contribution in [1.82, 2.24) is 14.8 Å². The van der Waals surface area contributed by atoms with Gasteiger partial charge in [0.1, 0.15) is 5.75 Å². The molecular weight excluding hydrogens is 368 g/mol. The Hall–Kier alpha value is -2.26. The molecule has 2 N–H and O–H groups in total. The number of carbonyl (C=O) groups excluding carboxylic acids is 1. The highest BCUT2D eigenvalue weighted by atomic mass is 32.2. The van der Waals surface area contributed by atoms with Gasteiger partial charge in [0.25, 0.3) is 0 Å². The number of hydrogen-bond acceptors (Lipinski definition) is 6. The van der Waals surface area contributed by atoms with Crippen molar-refractivity contribution in [2.24, 2.45) is 0 Å². The summed E-state index contributed by atoms with van der Waals surface area (Å²) in [6.07, 6.45) is 1.95. The van der Waals surface area contributed by atoms with Crippen molar-refractivity contribution in [2.45, 2.75) is 49.7 Å². The predicted molar refractivity (Wildman–Crippen MR) is 103 cm³/mol. The van der Waals surface area contributed by atoms with Gasteiger partial charge in [0.05, 0.1) is 24.5 Å². The molecule has 1 saturated heterocycles. The van der Waals surface area contributed by atoms with Crippen LogP contribution in [0.4, 0.5) is 5.69 Å². The third kappa shape index (κ3) is 5.14. The first kappa shape index (κ1) is 19.5. The lowest BCUT2D eigenvalue weighted by Crippen LogP contribution is -2.26. The minimum absolute atomic E-state index is 0.0210. The number of aromatic nitrogens is 3. The van der Waals surface area contributed by atoms with Crippen LogP contribution in [0, 0.1) is 0 Å². The first-order valence-electron chi connectivity index (χ1n) is 9.04. The number of nitrogens with one attached hydrogen (secondary N) is 2. The second-order valence-electron chi connectivity index (χ2n) is 6.26. The van der Waals surface area contributed by atoms with Crippen molar-refractivity contribution in [1.29, 1.82) is 0 Å². The zero-order valence-electron chi connectivity index (χ0n) is 15.4. The van der Waals surface area contributed by atoms with Crippen molar-refractivity contribution in [3.63, 3.8) is 0 Å². The summed E-state index contributed by atoms with van der Waals surface area (Å²) in [7, 11) is 0. The number of benzene rings is 1. The third-order valence-corrected chi connectivity index (χ3v) is 5.31. The number of anilines is 1. The molecule has 9 heteroatoms. The Morgan fingerprint density at radius 2 is 2.26 bits per heavy atom. The molecule has 8 nitrogen and oxygen atoms in total. The first-order valence-corrected chi connectivity index (χ1v) is 9.92. The van der Waals surface area contributed by atoms with Crippen LogP contribution in [0.25, 0.3) is 0 Å². The standard InChI is InChI=1S/C18H24N4O4S/c1-3-25-14-8-6-13(7-9-14)19-16(23)12(2)27-18-21-20-17(24)22(18)11-15-5-4-10-26-15/h6-9,12,15H,3-5,10-11H2,1-2H3,(H,19,23)(H,20,24)/t12-,15-/m0/s1. The Morgan fingerprint density at radius 1 is 1.48 bits per heavy atom. The fraction of sp³-hybridized carbons (Fsp3) is 0.500. The average Bonchev–Trinajstić information content (AvgIpc) is 3.29. The smallest absolute Gasteiger partial charge is 0.344 e. The van der Waals surface area contributed by atoms with Gasteiger partial charge in [-0.2, -0.15) is 0 Å². The molecule has 2 aromatic rings. The van der Waals surface area contributed by atoms with E-state index in [0.717, 1.165) is 25.2 Å². The number of ether oxygens (including phenoxy) is 2. The second kappa shape index (κ2) is 9.09. The number of H-pyrrole nitrogens is 1. The van der Waals surface area contributed by atoms with Gasteiger partial charge in [0.2, 0.25) is 5.91 Å². The largest absolute Gasteiger partial charge is 0.494 e. The van der Waals surface area contributed by atoms with Gasteiger partial charge in [-0.25, -0.2) is 9.89 Å². The van der Waals surface area contributed by atoms with Gasteiger partial charge in [0, 0.05) is 12.3 Å². The molecule has 1 amide bonds. The molecule has 2 atom stereocenters. The molecule has 1 aromatic carbocycles. The lowest BCUT2D eigenvalue weighted by atomic mass is 10.2. The highest BCUT2D eigenvalue weighted by Gasteiger charge is 2.23. The van der Waals surface area contributed by atoms with Crippen LogP contribution >= 0.6 is 11.8 Å². The highest BCUT2D eigenvalue weighted by Crippen LogP contribution is 2.23. The average molecular weight is 392 g/mol. The van der Waals surface area contributed by atoms with E-state index in [9.17, 15) is 9.59 Å². The normalized spacial score (nSPS) is 17.6. The van der Waals surface area contributed by atoms with Crippen LogP contribution in [0.3, 0.4) is 0 Å². The summed E-state index contributed by atoms with van der Waals surface area (Å²) >= 11 is 1.24. The monoisotopic (exact) mass is 392 g/mol. The van der Waals surface area contributed by atoms with Crippen molar-refractivity contribution in [3.8, 4) is 5.75 Å². The molecule has 1 aliphatic rings. The number of amides is 1. The molecule has 2 heterocycles. The van der Waals surface area contributed by atoms with Crippen LogP contribution in [-0.4, -0.2) is 45.2 Å². The van der Waals surface area contributed by atoms with Gasteiger partial charge in [-0.1, -0.05) is 11.8 Å². The van der Waals surface area contributed by atoms with E-state index in [-0.39, 0.29) is 17.7 Å². The lowest BCUT2D eigenvalue weighted by Gasteiger charge is -2.14. The minimum Gasteiger partial charge on any atom is -0.494 e. The minimum atomic E-state index is -0.421. The van der Waals surface area contributed by atoms with E-state index >= 15 is 0 Å². The Bertz CT molecular complexity index is 812. The maximum absolute atomic E-state index is 12.5. The van der Waals surface area contributed by atoms with Crippen LogP contribution in [0.15, 0.2) is 34.2 Å². The summed E-state index contributed by atoms with van der Waals surface area (Å²) < 4.78 is 12.5. The topological polar surface area (TPSA) is 98.2 Å². The highest BCUT2D eigenvalue weighted by molar-refractivity contribution is 8.00. The fourth-order valence-corrected chi connectivity index (χ4v) is 3.67. The Morgan fingerprint density at radius 3 is 2.93 bits per heavy atom. The van der Waals surface area contributed by atoms with Gasteiger partial charge >= 0.3 is 5.69 Å². The number of hydrogen-bond donors (Lipinski definition) is 2. The van der Waals surface area contributed by atoms with E-state index in [1.807, 2.05) is 19.1 Å². The van der Waals surface area contributed by atoms with Crippen LogP contribution in [0.5, 0.6) is 5.75 Å². The Balaban J connectivity index is 1.60. The van der Waals surface area contributed by atoms with E-state index in [1.54, 1.807) is 23.6 Å². The van der Waals surface area contributed by atoms with Crippen molar-refractivity contribution in [2.75, 3.05) is 18.5 Å². The SMILES string of the molecule is CCOc1ccc(NC(=O)[C@H](C)Sc2n[nH]c(=O)n2C[C@@H]2CCCO2)cc1. The van der Waals surface area contributed by atoms with Crippen molar-refractivity contribution < 1.29 is 14.3 Å². The fourth-order valence-electron chi connectivity index (χ4n) is 2.80. The van der Waals surface area contributed by atoms with Crippen LogP contribution in [-0.2, 0) is 16.1 Å². The molecule has 0 aliphatic carbocycles. The number of rotatable bonds is 8.